The Hall–Kier alpha value is -3.18. The fourth-order valence-corrected chi connectivity index (χ4v) is 4.74. The van der Waals surface area contributed by atoms with Gasteiger partial charge in [0.15, 0.2) is 0 Å². The Labute approximate surface area is 188 Å². The minimum atomic E-state index is -0.203. The lowest BCUT2D eigenvalue weighted by atomic mass is 10.0. The standard InChI is InChI=1S/C27H29FN4/c1-30(19-21-7-3-2-4-8-21)24-15-17-31(18-16-24)27-29-25-9-5-6-10-26(25)32(27)20-22-11-13-23(28)14-12-22/h2-14,24H,15-20H2,1H3. The largest absolute Gasteiger partial charge is 0.342 e. The van der Waals surface area contributed by atoms with E-state index in [4.69, 9.17) is 4.98 Å². The van der Waals surface area contributed by atoms with Crippen molar-refractivity contribution in [2.45, 2.75) is 32.0 Å². The van der Waals surface area contributed by atoms with Crippen molar-refractivity contribution < 1.29 is 4.39 Å². The zero-order valence-electron chi connectivity index (χ0n) is 18.5. The number of fused-ring (bicyclic) bond motifs is 1. The highest BCUT2D eigenvalue weighted by Gasteiger charge is 2.26. The van der Waals surface area contributed by atoms with Crippen LogP contribution in [0, 0.1) is 5.82 Å². The lowest BCUT2D eigenvalue weighted by Crippen LogP contribution is -2.44. The lowest BCUT2D eigenvalue weighted by Gasteiger charge is -2.37. The zero-order chi connectivity index (χ0) is 21.9. The van der Waals surface area contributed by atoms with Crippen LogP contribution in [0.5, 0.6) is 0 Å². The highest BCUT2D eigenvalue weighted by Crippen LogP contribution is 2.27. The summed E-state index contributed by atoms with van der Waals surface area (Å²) in [7, 11) is 2.23. The Bertz CT molecular complexity index is 1160. The number of halogens is 1. The van der Waals surface area contributed by atoms with Gasteiger partial charge in [-0.2, -0.15) is 0 Å². The summed E-state index contributed by atoms with van der Waals surface area (Å²) in [6.45, 7) is 3.63. The summed E-state index contributed by atoms with van der Waals surface area (Å²) in [6, 6.07) is 26.3. The minimum absolute atomic E-state index is 0.203. The SMILES string of the molecule is CN(Cc1ccccc1)C1CCN(c2nc3ccccc3n2Cc2ccc(F)cc2)CC1. The molecule has 4 nitrogen and oxygen atoms in total. The minimum Gasteiger partial charge on any atom is -0.342 e. The molecule has 1 fully saturated rings. The van der Waals surface area contributed by atoms with Crippen LogP contribution >= 0.6 is 0 Å². The van der Waals surface area contributed by atoms with E-state index in [1.54, 1.807) is 0 Å². The van der Waals surface area contributed by atoms with Crippen LogP contribution in [0.4, 0.5) is 10.3 Å². The van der Waals surface area contributed by atoms with E-state index in [1.807, 2.05) is 18.2 Å². The van der Waals surface area contributed by atoms with Gasteiger partial charge in [0, 0.05) is 25.7 Å². The first-order chi connectivity index (χ1) is 15.7. The molecule has 5 heteroatoms. The number of hydrogen-bond acceptors (Lipinski definition) is 3. The number of para-hydroxylation sites is 2. The van der Waals surface area contributed by atoms with E-state index in [-0.39, 0.29) is 5.82 Å². The molecule has 0 N–H and O–H groups in total. The lowest BCUT2D eigenvalue weighted by molar-refractivity contribution is 0.199. The Morgan fingerprint density at radius 3 is 2.31 bits per heavy atom. The summed E-state index contributed by atoms with van der Waals surface area (Å²) in [5.41, 5.74) is 4.56. The van der Waals surface area contributed by atoms with Gasteiger partial charge in [0.2, 0.25) is 5.95 Å². The summed E-state index contributed by atoms with van der Waals surface area (Å²) < 4.78 is 15.7. The smallest absolute Gasteiger partial charge is 0.206 e. The summed E-state index contributed by atoms with van der Waals surface area (Å²) >= 11 is 0. The van der Waals surface area contributed by atoms with Crippen LogP contribution in [-0.2, 0) is 13.1 Å². The van der Waals surface area contributed by atoms with Gasteiger partial charge in [0.1, 0.15) is 5.82 Å². The van der Waals surface area contributed by atoms with Crippen molar-refractivity contribution in [1.82, 2.24) is 14.5 Å². The number of nitrogens with zero attached hydrogens (tertiary/aromatic N) is 4. The fraction of sp³-hybridized carbons (Fsp3) is 0.296. The molecule has 0 unspecified atom stereocenters. The van der Waals surface area contributed by atoms with E-state index in [0.717, 1.165) is 55.0 Å². The topological polar surface area (TPSA) is 24.3 Å². The average Bonchev–Trinajstić information content (AvgIpc) is 3.19. The van der Waals surface area contributed by atoms with Crippen LogP contribution in [0.25, 0.3) is 11.0 Å². The van der Waals surface area contributed by atoms with Crippen molar-refractivity contribution in [3.05, 3.63) is 95.8 Å². The molecule has 1 aromatic heterocycles. The Balaban J connectivity index is 1.33. The number of benzene rings is 3. The van der Waals surface area contributed by atoms with Crippen LogP contribution in [-0.4, -0.2) is 40.6 Å². The summed E-state index contributed by atoms with van der Waals surface area (Å²) in [6.07, 6.45) is 2.23. The van der Waals surface area contributed by atoms with Gasteiger partial charge in [-0.05, 0) is 55.3 Å². The van der Waals surface area contributed by atoms with Gasteiger partial charge in [-0.15, -0.1) is 0 Å². The number of hydrogen-bond donors (Lipinski definition) is 0. The molecule has 0 atom stereocenters. The second kappa shape index (κ2) is 9.13. The first-order valence-electron chi connectivity index (χ1n) is 11.4. The molecule has 164 valence electrons. The maximum Gasteiger partial charge on any atom is 0.206 e. The third-order valence-corrected chi connectivity index (χ3v) is 6.53. The van der Waals surface area contributed by atoms with Gasteiger partial charge in [-0.25, -0.2) is 9.37 Å². The predicted octanol–water partition coefficient (Wildman–Crippen LogP) is 5.32. The third-order valence-electron chi connectivity index (χ3n) is 6.53. The molecule has 2 heterocycles. The molecule has 3 aromatic carbocycles. The fourth-order valence-electron chi connectivity index (χ4n) is 4.74. The quantitative estimate of drug-likeness (QED) is 0.415. The molecule has 32 heavy (non-hydrogen) atoms. The van der Waals surface area contributed by atoms with Crippen molar-refractivity contribution >= 4 is 17.0 Å². The van der Waals surface area contributed by atoms with Gasteiger partial charge < -0.3 is 9.47 Å². The third kappa shape index (κ3) is 4.39. The van der Waals surface area contributed by atoms with Crippen LogP contribution < -0.4 is 4.90 Å². The first kappa shape index (κ1) is 20.7. The second-order valence-corrected chi connectivity index (χ2v) is 8.73. The molecule has 1 saturated heterocycles. The number of aromatic nitrogens is 2. The second-order valence-electron chi connectivity index (χ2n) is 8.73. The highest BCUT2D eigenvalue weighted by atomic mass is 19.1. The molecule has 1 aliphatic rings. The zero-order valence-corrected chi connectivity index (χ0v) is 18.5. The van der Waals surface area contributed by atoms with Crippen LogP contribution in [0.2, 0.25) is 0 Å². The predicted molar refractivity (Wildman–Crippen MR) is 128 cm³/mol. The van der Waals surface area contributed by atoms with Crippen LogP contribution in [0.3, 0.4) is 0 Å². The molecular formula is C27H29FN4. The van der Waals surface area contributed by atoms with Gasteiger partial charge in [-0.3, -0.25) is 4.90 Å². The van der Waals surface area contributed by atoms with E-state index in [9.17, 15) is 4.39 Å². The molecular weight excluding hydrogens is 399 g/mol. The summed E-state index contributed by atoms with van der Waals surface area (Å²) in [5.74, 6) is 0.811. The average molecular weight is 429 g/mol. The van der Waals surface area contributed by atoms with Gasteiger partial charge in [0.25, 0.3) is 0 Å². The Morgan fingerprint density at radius 2 is 1.56 bits per heavy atom. The molecule has 0 spiro atoms. The highest BCUT2D eigenvalue weighted by molar-refractivity contribution is 5.79. The van der Waals surface area contributed by atoms with Gasteiger partial charge in [-0.1, -0.05) is 54.6 Å². The molecule has 0 aliphatic carbocycles. The molecule has 0 amide bonds. The normalized spacial score (nSPS) is 15.0. The molecule has 0 saturated carbocycles. The van der Waals surface area contributed by atoms with Gasteiger partial charge in [0.05, 0.1) is 17.6 Å². The van der Waals surface area contributed by atoms with Crippen molar-refractivity contribution in [2.75, 3.05) is 25.0 Å². The first-order valence-corrected chi connectivity index (χ1v) is 11.4. The molecule has 4 aromatic rings. The number of anilines is 1. The Morgan fingerprint density at radius 1 is 0.875 bits per heavy atom. The molecule has 5 rings (SSSR count). The summed E-state index contributed by atoms with van der Waals surface area (Å²) in [5, 5.41) is 0. The number of imidazole rings is 1. The van der Waals surface area contributed by atoms with Gasteiger partial charge >= 0.3 is 0 Å². The number of rotatable bonds is 6. The maximum absolute atomic E-state index is 13.4. The van der Waals surface area contributed by atoms with Crippen molar-refractivity contribution in [2.24, 2.45) is 0 Å². The van der Waals surface area contributed by atoms with Crippen LogP contribution in [0.15, 0.2) is 78.9 Å². The maximum atomic E-state index is 13.4. The van der Waals surface area contributed by atoms with Crippen molar-refractivity contribution in [3.8, 4) is 0 Å². The van der Waals surface area contributed by atoms with E-state index in [0.29, 0.717) is 12.6 Å². The van der Waals surface area contributed by atoms with Crippen molar-refractivity contribution in [3.63, 3.8) is 0 Å². The number of piperidine rings is 1. The molecule has 1 aliphatic heterocycles. The Kier molecular flexibility index (Phi) is 5.91. The van der Waals surface area contributed by atoms with E-state index in [1.165, 1.54) is 17.7 Å². The van der Waals surface area contributed by atoms with E-state index in [2.05, 4.69) is 69.9 Å². The van der Waals surface area contributed by atoms with E-state index >= 15 is 0 Å². The molecule has 0 bridgehead atoms. The van der Waals surface area contributed by atoms with E-state index < -0.39 is 0 Å². The monoisotopic (exact) mass is 428 g/mol. The van der Waals surface area contributed by atoms with Crippen LogP contribution in [0.1, 0.15) is 24.0 Å². The molecule has 0 radical (unpaired) electrons. The summed E-state index contributed by atoms with van der Waals surface area (Å²) in [4.78, 5) is 9.88. The van der Waals surface area contributed by atoms with Crippen molar-refractivity contribution in [1.29, 1.82) is 0 Å².